The fourth-order valence-corrected chi connectivity index (χ4v) is 2.30. The number of hydrogen-bond acceptors (Lipinski definition) is 3. The Kier molecular flexibility index (Phi) is 1.61. The number of aromatic nitrogens is 1. The number of carboxylic acid groups (broad SMARTS) is 1. The molecule has 1 aliphatic rings. The predicted molar refractivity (Wildman–Crippen MR) is 40.8 cm³/mol. The molecule has 0 saturated heterocycles. The second-order valence-electron chi connectivity index (χ2n) is 2.70. The average Bonchev–Trinajstić information content (AvgIpc) is 2.43. The summed E-state index contributed by atoms with van der Waals surface area (Å²) in [6.07, 6.45) is 1.21. The molecule has 1 atom stereocenters. The molecule has 0 amide bonds. The lowest BCUT2D eigenvalue weighted by Gasteiger charge is -1.99. The molecule has 0 aliphatic heterocycles. The topological polar surface area (TPSA) is 50.2 Å². The monoisotopic (exact) mass is 187 g/mol. The number of aliphatic carboxylic acids is 1. The molecule has 1 heterocycles. The number of hydrogen-bond donors (Lipinski definition) is 1. The summed E-state index contributed by atoms with van der Waals surface area (Å²) in [6.45, 7) is 0. The Morgan fingerprint density at radius 1 is 1.75 bits per heavy atom. The van der Waals surface area contributed by atoms with Crippen LogP contribution in [0.2, 0.25) is 0 Å². The third kappa shape index (κ3) is 1.01. The van der Waals surface area contributed by atoms with Crippen molar-refractivity contribution in [3.8, 4) is 0 Å². The van der Waals surface area contributed by atoms with E-state index in [1.165, 1.54) is 0 Å². The Hall–Kier alpha value is -0.970. The lowest BCUT2D eigenvalue weighted by atomic mass is 10.1. The first-order chi connectivity index (χ1) is 5.68. The van der Waals surface area contributed by atoms with Crippen LogP contribution in [0.25, 0.3) is 0 Å². The zero-order valence-electron chi connectivity index (χ0n) is 6.08. The van der Waals surface area contributed by atoms with Crippen LogP contribution in [-0.2, 0) is 11.2 Å². The molecule has 0 fully saturated rings. The van der Waals surface area contributed by atoms with E-state index in [4.69, 9.17) is 5.11 Å². The van der Waals surface area contributed by atoms with Crippen molar-refractivity contribution in [3.05, 3.63) is 15.8 Å². The number of carbonyl (C=O) groups is 1. The SMILES string of the molecule is O=C(O)C1CCc2sc(F)nc21. The molecule has 5 heteroatoms. The van der Waals surface area contributed by atoms with Crippen molar-refractivity contribution in [1.82, 2.24) is 4.98 Å². The molecule has 1 aromatic rings. The molecule has 0 bridgehead atoms. The number of rotatable bonds is 1. The maximum atomic E-state index is 12.6. The normalized spacial score (nSPS) is 20.9. The van der Waals surface area contributed by atoms with Gasteiger partial charge in [-0.05, 0) is 12.8 Å². The smallest absolute Gasteiger partial charge is 0.312 e. The van der Waals surface area contributed by atoms with Gasteiger partial charge in [-0.25, -0.2) is 4.98 Å². The van der Waals surface area contributed by atoms with E-state index >= 15 is 0 Å². The molecule has 0 saturated carbocycles. The molecule has 0 spiro atoms. The van der Waals surface area contributed by atoms with Gasteiger partial charge in [0.2, 0.25) is 0 Å². The van der Waals surface area contributed by atoms with Crippen molar-refractivity contribution >= 4 is 17.3 Å². The van der Waals surface area contributed by atoms with E-state index in [0.717, 1.165) is 16.2 Å². The highest BCUT2D eigenvalue weighted by atomic mass is 32.1. The van der Waals surface area contributed by atoms with E-state index in [1.54, 1.807) is 0 Å². The molecule has 0 aromatic carbocycles. The minimum atomic E-state index is -0.904. The summed E-state index contributed by atoms with van der Waals surface area (Å²) < 4.78 is 12.6. The highest BCUT2D eigenvalue weighted by Gasteiger charge is 2.32. The molecular formula is C7H6FNO2S. The van der Waals surface area contributed by atoms with Crippen molar-refractivity contribution in [1.29, 1.82) is 0 Å². The van der Waals surface area contributed by atoms with Crippen LogP contribution in [0.3, 0.4) is 0 Å². The van der Waals surface area contributed by atoms with Gasteiger partial charge in [0.1, 0.15) is 5.92 Å². The molecule has 1 unspecified atom stereocenters. The number of halogens is 1. The van der Waals surface area contributed by atoms with Crippen LogP contribution < -0.4 is 0 Å². The highest BCUT2D eigenvalue weighted by molar-refractivity contribution is 7.10. The average molecular weight is 187 g/mol. The Morgan fingerprint density at radius 2 is 2.50 bits per heavy atom. The van der Waals surface area contributed by atoms with Crippen molar-refractivity contribution in [2.24, 2.45) is 0 Å². The van der Waals surface area contributed by atoms with Gasteiger partial charge in [-0.15, -0.1) is 0 Å². The van der Waals surface area contributed by atoms with E-state index in [0.29, 0.717) is 18.5 Å². The van der Waals surface area contributed by atoms with Crippen molar-refractivity contribution in [3.63, 3.8) is 0 Å². The second-order valence-corrected chi connectivity index (χ2v) is 3.74. The summed E-state index contributed by atoms with van der Waals surface area (Å²) in [5.74, 6) is -1.49. The first kappa shape index (κ1) is 7.67. The largest absolute Gasteiger partial charge is 0.481 e. The van der Waals surface area contributed by atoms with Gasteiger partial charge in [-0.2, -0.15) is 4.39 Å². The van der Waals surface area contributed by atoms with E-state index in [1.807, 2.05) is 0 Å². The minimum absolute atomic E-state index is 0.435. The number of fused-ring (bicyclic) bond motifs is 1. The predicted octanol–water partition coefficient (Wildman–Crippen LogP) is 1.40. The summed E-state index contributed by atoms with van der Waals surface area (Å²) in [5, 5.41) is 8.19. The maximum Gasteiger partial charge on any atom is 0.312 e. The summed E-state index contributed by atoms with van der Waals surface area (Å²) >= 11 is 0.957. The number of thiazole rings is 1. The van der Waals surface area contributed by atoms with E-state index in [-0.39, 0.29) is 0 Å². The van der Waals surface area contributed by atoms with Gasteiger partial charge in [0, 0.05) is 4.88 Å². The minimum Gasteiger partial charge on any atom is -0.481 e. The highest BCUT2D eigenvalue weighted by Crippen LogP contribution is 2.35. The van der Waals surface area contributed by atoms with Gasteiger partial charge in [0.25, 0.3) is 5.26 Å². The van der Waals surface area contributed by atoms with E-state index in [9.17, 15) is 9.18 Å². The van der Waals surface area contributed by atoms with E-state index < -0.39 is 17.1 Å². The third-order valence-corrected chi connectivity index (χ3v) is 2.91. The van der Waals surface area contributed by atoms with Crippen LogP contribution in [0.4, 0.5) is 4.39 Å². The van der Waals surface area contributed by atoms with Crippen molar-refractivity contribution in [2.75, 3.05) is 0 Å². The van der Waals surface area contributed by atoms with Gasteiger partial charge in [-0.3, -0.25) is 4.79 Å². The molecule has 0 radical (unpaired) electrons. The molecule has 1 aromatic heterocycles. The third-order valence-electron chi connectivity index (χ3n) is 1.99. The molecular weight excluding hydrogens is 181 g/mol. The zero-order valence-corrected chi connectivity index (χ0v) is 6.90. The van der Waals surface area contributed by atoms with Crippen LogP contribution >= 0.6 is 11.3 Å². The summed E-state index contributed by atoms with van der Waals surface area (Å²) in [6, 6.07) is 0. The lowest BCUT2D eigenvalue weighted by molar-refractivity contribution is -0.138. The fourth-order valence-electron chi connectivity index (χ4n) is 1.44. The Bertz CT molecular complexity index is 336. The summed E-state index contributed by atoms with van der Waals surface area (Å²) in [4.78, 5) is 15.0. The van der Waals surface area contributed by atoms with Crippen molar-refractivity contribution in [2.45, 2.75) is 18.8 Å². The van der Waals surface area contributed by atoms with Crippen LogP contribution in [0, 0.1) is 5.26 Å². The summed E-state index contributed by atoms with van der Waals surface area (Å²) in [5.41, 5.74) is 0.435. The van der Waals surface area contributed by atoms with Crippen LogP contribution in [-0.4, -0.2) is 16.1 Å². The van der Waals surface area contributed by atoms with Crippen LogP contribution in [0.15, 0.2) is 0 Å². The first-order valence-corrected chi connectivity index (χ1v) is 4.38. The molecule has 12 heavy (non-hydrogen) atoms. The molecule has 1 aliphatic carbocycles. The van der Waals surface area contributed by atoms with Gasteiger partial charge in [-0.1, -0.05) is 11.3 Å². The molecule has 1 N–H and O–H groups in total. The molecule has 64 valence electrons. The van der Waals surface area contributed by atoms with Crippen LogP contribution in [0.5, 0.6) is 0 Å². The second kappa shape index (κ2) is 2.52. The van der Waals surface area contributed by atoms with E-state index in [2.05, 4.69) is 4.98 Å². The first-order valence-electron chi connectivity index (χ1n) is 3.56. The number of carboxylic acids is 1. The standard InChI is InChI=1S/C7H6FNO2S/c8-7-9-5-3(6(10)11)1-2-4(5)12-7/h3H,1-2H2,(H,10,11). The van der Waals surface area contributed by atoms with Crippen LogP contribution in [0.1, 0.15) is 22.9 Å². The quantitative estimate of drug-likeness (QED) is 0.722. The van der Waals surface area contributed by atoms with Gasteiger partial charge < -0.3 is 5.11 Å². The fraction of sp³-hybridized carbons (Fsp3) is 0.429. The number of aryl methyl sites for hydroxylation is 1. The maximum absolute atomic E-state index is 12.6. The Morgan fingerprint density at radius 3 is 3.17 bits per heavy atom. The van der Waals surface area contributed by atoms with Gasteiger partial charge >= 0.3 is 5.97 Å². The van der Waals surface area contributed by atoms with Gasteiger partial charge in [0.15, 0.2) is 0 Å². The Balaban J connectivity index is 2.41. The molecule has 3 nitrogen and oxygen atoms in total. The molecule has 2 rings (SSSR count). The zero-order chi connectivity index (χ0) is 8.72. The lowest BCUT2D eigenvalue weighted by Crippen LogP contribution is -2.08. The Labute approximate surface area is 71.9 Å². The van der Waals surface area contributed by atoms with Gasteiger partial charge in [0.05, 0.1) is 5.69 Å². The van der Waals surface area contributed by atoms with Crippen molar-refractivity contribution < 1.29 is 14.3 Å². The summed E-state index contributed by atoms with van der Waals surface area (Å²) in [7, 11) is 0. The number of nitrogens with zero attached hydrogens (tertiary/aromatic N) is 1.